The topological polar surface area (TPSA) is 16.3 Å². The van der Waals surface area contributed by atoms with Gasteiger partial charge >= 0.3 is 0 Å². The number of rotatable bonds is 8. The van der Waals surface area contributed by atoms with Crippen molar-refractivity contribution in [1.82, 2.24) is 9.13 Å². The summed E-state index contributed by atoms with van der Waals surface area (Å²) in [6.07, 6.45) is 0. The van der Waals surface area contributed by atoms with E-state index >= 15 is 0 Å². The molecule has 15 aromatic rings. The maximum atomic E-state index is 10.1. The van der Waals surface area contributed by atoms with Gasteiger partial charge < -0.3 is 18.9 Å². The molecule has 0 bridgehead atoms. The SMILES string of the molecule is [2H]c1c([2H])c([2H])c2c(c1[2H])c1c([2H])c([2H])c([2H])c([2H])c1n2-c1ccc2c(c1)N(c1c(-c3ccc(C(C)(C)C)cc3)cc(C(C)(C)C)cc1-c1ccccc1C(C)(C)C)c1cc(C(C)(C)C)cc3c1B2c1ccc(-n2c4c([2H])c([2H])c([2H])c([2H])c4c4c([2H])c([2H])c([2H])c([2H])c42)cc1N3c1c(-c2ccc(C(C)(C)C)cc2)cc(C(C)(C)C)cc1-c1c(C(C)(C)C)cccc1C(C)(C)C. The molecule has 4 heterocycles. The summed E-state index contributed by atoms with van der Waals surface area (Å²) in [5.41, 5.74) is 19.7. The van der Waals surface area contributed by atoms with Gasteiger partial charge in [0.1, 0.15) is 0 Å². The lowest BCUT2D eigenvalue weighted by molar-refractivity contribution is 0.571. The van der Waals surface area contributed by atoms with Crippen LogP contribution in [-0.4, -0.2) is 15.8 Å². The number of fused-ring (bicyclic) bond motifs is 10. The number of aromatic nitrogens is 2. The Hall–Kier alpha value is -10.9. The zero-order valence-corrected chi connectivity index (χ0v) is 71.5. The first-order valence-corrected chi connectivity index (χ1v) is 40.7. The van der Waals surface area contributed by atoms with E-state index in [1.54, 1.807) is 9.13 Å². The zero-order chi connectivity index (χ0) is 95.4. The molecule has 0 unspecified atom stereocenters. The fourth-order valence-corrected chi connectivity index (χ4v) is 17.7. The van der Waals surface area contributed by atoms with Crippen LogP contribution < -0.4 is 26.2 Å². The Balaban J connectivity index is 1.17. The lowest BCUT2D eigenvalue weighted by Gasteiger charge is -2.47. The van der Waals surface area contributed by atoms with Crippen LogP contribution in [-0.2, 0) is 43.3 Å². The molecule has 5 heteroatoms. The van der Waals surface area contributed by atoms with Gasteiger partial charge in [0.15, 0.2) is 0 Å². The van der Waals surface area contributed by atoms with Crippen molar-refractivity contribution in [3.05, 3.63) is 305 Å². The minimum atomic E-state index is -0.803. The summed E-state index contributed by atoms with van der Waals surface area (Å²) >= 11 is 0. The minimum absolute atomic E-state index is 0.0436. The highest BCUT2D eigenvalue weighted by Gasteiger charge is 2.48. The summed E-state index contributed by atoms with van der Waals surface area (Å²) < 4.78 is 158. The van der Waals surface area contributed by atoms with Crippen molar-refractivity contribution in [2.24, 2.45) is 0 Å². The molecular formula is C110H115BN4. The Kier molecular flexibility index (Phi) is 14.0. The maximum Gasteiger partial charge on any atom is 0.252 e. The van der Waals surface area contributed by atoms with Gasteiger partial charge in [-0.1, -0.05) is 342 Å². The molecule has 0 radical (unpaired) electrons. The molecule has 2 aromatic heterocycles. The molecule has 17 rings (SSSR count). The second-order valence-corrected chi connectivity index (χ2v) is 40.4. The highest BCUT2D eigenvalue weighted by atomic mass is 15.2. The summed E-state index contributed by atoms with van der Waals surface area (Å²) in [6.45, 7) is 53.0. The molecule has 0 saturated carbocycles. The van der Waals surface area contributed by atoms with Gasteiger partial charge in [0.2, 0.25) is 0 Å². The molecule has 2 aliphatic heterocycles. The van der Waals surface area contributed by atoms with E-state index in [0.29, 0.717) is 22.7 Å². The van der Waals surface area contributed by atoms with E-state index < -0.39 is 136 Å². The van der Waals surface area contributed by atoms with Gasteiger partial charge in [0.05, 0.1) is 55.4 Å². The first-order valence-electron chi connectivity index (χ1n) is 48.7. The summed E-state index contributed by atoms with van der Waals surface area (Å²) in [7, 11) is 0. The molecule has 115 heavy (non-hydrogen) atoms. The predicted octanol–water partition coefficient (Wildman–Crippen LogP) is 29.0. The molecule has 4 nitrogen and oxygen atoms in total. The Bertz CT molecular complexity index is 7240. The highest BCUT2D eigenvalue weighted by Crippen LogP contribution is 2.58. The average Bonchev–Trinajstić information content (AvgIpc) is 0.836. The zero-order valence-electron chi connectivity index (χ0n) is 87.5. The van der Waals surface area contributed by atoms with Crippen LogP contribution >= 0.6 is 0 Å². The van der Waals surface area contributed by atoms with Gasteiger partial charge in [-0.2, -0.15) is 0 Å². The van der Waals surface area contributed by atoms with E-state index in [0.717, 1.165) is 128 Å². The van der Waals surface area contributed by atoms with E-state index in [9.17, 15) is 21.9 Å². The summed E-state index contributed by atoms with van der Waals surface area (Å²) in [5, 5.41) is -0.267. The molecule has 0 fully saturated rings. The number of benzene rings is 13. The Morgan fingerprint density at radius 3 is 0.948 bits per heavy atom. The lowest BCUT2D eigenvalue weighted by Crippen LogP contribution is -2.61. The van der Waals surface area contributed by atoms with Crippen molar-refractivity contribution >= 4 is 101 Å². The molecular weight excluding hydrogens is 1390 g/mol. The largest absolute Gasteiger partial charge is 0.310 e. The van der Waals surface area contributed by atoms with Gasteiger partial charge in [0.25, 0.3) is 6.71 Å². The maximum absolute atomic E-state index is 10.1. The molecule has 0 aliphatic carbocycles. The van der Waals surface area contributed by atoms with E-state index in [1.165, 1.54) is 0 Å². The standard InChI is InChI=1S/C110H115BN4/c1-103(2,3)70-52-48-68(49-53-70)82-60-72(105(7,8)9)62-84(77-36-25-30-41-86(77)108(16,17)18)101(82)114-95-66-75(112-91-44-31-26-37-78(91)79-38-27-32-45-92(79)112)56-58-89(95)111-90-59-57-76(113-93-46-33-28-39-80(93)81-40-29-34-47-94(81)113)67-96(90)115(98-65-74(107(13,14)15)64-97(114)100(98)111)102-83(69-50-54-71(55-51-69)104(4,5)6)61-73(106(10,11)12)63-85(102)99-87(109(19,20)21)42-35-43-88(99)110(22,23)24/h25-67H,1-24H3/i26D,27D,28D,29D,31D,32D,33D,34D,37D,38D,39D,40D,44D,45D,46D,47D. The molecule has 0 saturated heterocycles. The van der Waals surface area contributed by atoms with Crippen LogP contribution in [0.25, 0.3) is 99.5 Å². The van der Waals surface area contributed by atoms with Crippen molar-refractivity contribution in [2.45, 2.75) is 209 Å². The van der Waals surface area contributed by atoms with Crippen molar-refractivity contribution in [3.63, 3.8) is 0 Å². The summed E-state index contributed by atoms with van der Waals surface area (Å²) in [4.78, 5) is 4.87. The second-order valence-electron chi connectivity index (χ2n) is 40.4. The Morgan fingerprint density at radius 1 is 0.261 bits per heavy atom. The number of hydrogen-bond acceptors (Lipinski definition) is 2. The molecule has 0 amide bonds. The number of hydrogen-bond donors (Lipinski definition) is 0. The predicted molar refractivity (Wildman–Crippen MR) is 500 cm³/mol. The van der Waals surface area contributed by atoms with Crippen molar-refractivity contribution < 1.29 is 21.9 Å². The number of para-hydroxylation sites is 4. The van der Waals surface area contributed by atoms with Crippen LogP contribution in [0, 0.1) is 0 Å². The first-order chi connectivity index (χ1) is 60.8. The quantitative estimate of drug-likeness (QED) is 0.141. The molecule has 2 aliphatic rings. The molecule has 0 spiro atoms. The normalized spacial score (nSPS) is 15.6. The van der Waals surface area contributed by atoms with Crippen LogP contribution in [0.3, 0.4) is 0 Å². The summed E-state index contributed by atoms with van der Waals surface area (Å²) in [5.74, 6) is 0. The molecule has 578 valence electrons. The van der Waals surface area contributed by atoms with E-state index in [1.807, 2.05) is 24.3 Å². The fraction of sp³-hybridized carbons (Fsp3) is 0.291. The third-order valence-corrected chi connectivity index (χ3v) is 24.0. The van der Waals surface area contributed by atoms with Gasteiger partial charge in [-0.3, -0.25) is 0 Å². The lowest BCUT2D eigenvalue weighted by atomic mass is 9.33. The molecule has 0 atom stereocenters. The van der Waals surface area contributed by atoms with Crippen LogP contribution in [0.5, 0.6) is 0 Å². The fourth-order valence-electron chi connectivity index (χ4n) is 17.7. The van der Waals surface area contributed by atoms with Crippen LogP contribution in [0.4, 0.5) is 34.1 Å². The van der Waals surface area contributed by atoms with E-state index in [2.05, 4.69) is 315 Å². The third-order valence-electron chi connectivity index (χ3n) is 24.0. The van der Waals surface area contributed by atoms with Crippen molar-refractivity contribution in [2.75, 3.05) is 9.80 Å². The van der Waals surface area contributed by atoms with Crippen LogP contribution in [0.15, 0.2) is 260 Å². The second kappa shape index (κ2) is 26.9. The van der Waals surface area contributed by atoms with Crippen molar-refractivity contribution in [3.8, 4) is 55.9 Å². The summed E-state index contributed by atoms with van der Waals surface area (Å²) in [6, 6.07) is 51.4. The van der Waals surface area contributed by atoms with E-state index in [4.69, 9.17) is 0 Å². The molecule has 13 aromatic carbocycles. The van der Waals surface area contributed by atoms with Gasteiger partial charge in [-0.25, -0.2) is 0 Å². The monoisotopic (exact) mass is 1520 g/mol. The van der Waals surface area contributed by atoms with Gasteiger partial charge in [0, 0.05) is 77.9 Å². The molecule has 0 N–H and O–H groups in total. The van der Waals surface area contributed by atoms with Crippen LogP contribution in [0.1, 0.15) is 233 Å². The first kappa shape index (κ1) is 59.8. The van der Waals surface area contributed by atoms with E-state index in [-0.39, 0.29) is 54.4 Å². The van der Waals surface area contributed by atoms with Crippen LogP contribution in [0.2, 0.25) is 0 Å². The smallest absolute Gasteiger partial charge is 0.252 e. The Morgan fingerprint density at radius 2 is 0.583 bits per heavy atom. The minimum Gasteiger partial charge on any atom is -0.310 e. The highest BCUT2D eigenvalue weighted by molar-refractivity contribution is 7.00. The number of anilines is 6. The number of nitrogens with zero attached hydrogens (tertiary/aromatic N) is 4. The van der Waals surface area contributed by atoms with Gasteiger partial charge in [-0.05, 0) is 211 Å². The Labute approximate surface area is 708 Å². The van der Waals surface area contributed by atoms with Gasteiger partial charge in [-0.15, -0.1) is 0 Å². The van der Waals surface area contributed by atoms with Crippen molar-refractivity contribution in [1.29, 1.82) is 0 Å². The average molecular weight is 1520 g/mol. The third kappa shape index (κ3) is 13.1.